The molecule has 0 N–H and O–H groups in total. The molecule has 104 valence electrons. The Kier molecular flexibility index (Phi) is 5.06. The molecule has 1 aromatic rings. The van der Waals surface area contributed by atoms with Gasteiger partial charge >= 0.3 is 0 Å². The van der Waals surface area contributed by atoms with Gasteiger partial charge in [0.2, 0.25) is 0 Å². The Bertz CT molecular complexity index is 458. The van der Waals surface area contributed by atoms with Gasteiger partial charge in [-0.05, 0) is 61.9 Å². The summed E-state index contributed by atoms with van der Waals surface area (Å²) in [6.45, 7) is 6.05. The van der Waals surface area contributed by atoms with Gasteiger partial charge in [-0.3, -0.25) is 4.90 Å². The molecule has 19 heavy (non-hydrogen) atoms. The van der Waals surface area contributed by atoms with E-state index in [9.17, 15) is 0 Å². The Balaban J connectivity index is 0.00000133. The normalized spacial score (nSPS) is 18.7. The first-order valence-electron chi connectivity index (χ1n) is 7.39. The summed E-state index contributed by atoms with van der Waals surface area (Å²) < 4.78 is 0. The van der Waals surface area contributed by atoms with Crippen LogP contribution in [0.3, 0.4) is 0 Å². The van der Waals surface area contributed by atoms with E-state index in [1.165, 1.54) is 62.0 Å². The summed E-state index contributed by atoms with van der Waals surface area (Å²) in [6, 6.07) is 7.01. The van der Waals surface area contributed by atoms with Crippen LogP contribution < -0.4 is 0 Å². The molecule has 0 spiro atoms. The van der Waals surface area contributed by atoms with Gasteiger partial charge in [-0.15, -0.1) is 12.4 Å². The topological polar surface area (TPSA) is 3.24 Å². The molecule has 1 fully saturated rings. The average molecular weight is 278 g/mol. The third-order valence-electron chi connectivity index (χ3n) is 4.32. The van der Waals surface area contributed by atoms with Gasteiger partial charge in [0, 0.05) is 6.54 Å². The minimum atomic E-state index is 0. The Morgan fingerprint density at radius 3 is 2.63 bits per heavy atom. The van der Waals surface area contributed by atoms with E-state index in [1.54, 1.807) is 5.57 Å². The molecule has 1 aliphatic heterocycles. The summed E-state index contributed by atoms with van der Waals surface area (Å²) in [5.41, 5.74) is 6.12. The van der Waals surface area contributed by atoms with Crippen molar-refractivity contribution in [1.29, 1.82) is 0 Å². The Morgan fingerprint density at radius 1 is 1.11 bits per heavy atom. The second kappa shape index (κ2) is 6.58. The van der Waals surface area contributed by atoms with Crippen LogP contribution in [0.2, 0.25) is 0 Å². The zero-order valence-corrected chi connectivity index (χ0v) is 12.6. The third-order valence-corrected chi connectivity index (χ3v) is 4.32. The molecule has 3 rings (SSSR count). The van der Waals surface area contributed by atoms with E-state index in [0.29, 0.717) is 0 Å². The summed E-state index contributed by atoms with van der Waals surface area (Å²) in [6.07, 6.45) is 8.88. The number of likely N-dealkylation sites (tertiary alicyclic amines) is 1. The van der Waals surface area contributed by atoms with Gasteiger partial charge in [0.15, 0.2) is 0 Å². The molecule has 0 radical (unpaired) electrons. The van der Waals surface area contributed by atoms with Crippen molar-refractivity contribution in [2.75, 3.05) is 19.6 Å². The van der Waals surface area contributed by atoms with Crippen molar-refractivity contribution in [3.63, 3.8) is 0 Å². The van der Waals surface area contributed by atoms with Gasteiger partial charge in [0.05, 0.1) is 0 Å². The lowest BCUT2D eigenvalue weighted by atomic mass is 9.90. The Morgan fingerprint density at radius 2 is 1.89 bits per heavy atom. The van der Waals surface area contributed by atoms with Crippen LogP contribution in [-0.4, -0.2) is 24.5 Å². The molecule has 2 aliphatic rings. The van der Waals surface area contributed by atoms with Gasteiger partial charge in [-0.2, -0.15) is 0 Å². The molecular weight excluding hydrogens is 254 g/mol. The maximum absolute atomic E-state index is 2.61. The minimum absolute atomic E-state index is 0. The predicted octanol–water partition coefficient (Wildman–Crippen LogP) is 4.10. The van der Waals surface area contributed by atoms with Crippen molar-refractivity contribution in [2.24, 2.45) is 0 Å². The standard InChI is InChI=1S/C17H23N.ClH/c1-2-14-5-7-16-8-6-15(12-17(16)11-14)13-18-9-3-4-10-18;/h5,7,11-12H,2-4,6,8-10,13H2,1H3;1H. The molecule has 0 amide bonds. The molecule has 0 bridgehead atoms. The van der Waals surface area contributed by atoms with Crippen molar-refractivity contribution < 1.29 is 0 Å². The fourth-order valence-corrected chi connectivity index (χ4v) is 3.17. The van der Waals surface area contributed by atoms with Crippen LogP contribution in [0.5, 0.6) is 0 Å². The van der Waals surface area contributed by atoms with Crippen LogP contribution in [0.25, 0.3) is 6.08 Å². The molecule has 1 nitrogen and oxygen atoms in total. The predicted molar refractivity (Wildman–Crippen MR) is 85.0 cm³/mol. The van der Waals surface area contributed by atoms with E-state index in [-0.39, 0.29) is 12.4 Å². The van der Waals surface area contributed by atoms with E-state index in [4.69, 9.17) is 0 Å². The average Bonchev–Trinajstić information content (AvgIpc) is 2.90. The number of rotatable bonds is 3. The van der Waals surface area contributed by atoms with E-state index in [1.807, 2.05) is 0 Å². The smallest absolute Gasteiger partial charge is 0.0196 e. The quantitative estimate of drug-likeness (QED) is 0.804. The molecule has 0 atom stereocenters. The SMILES string of the molecule is CCc1ccc2c(c1)C=C(CN1CCCC1)CC2.Cl. The minimum Gasteiger partial charge on any atom is -0.299 e. The Labute approximate surface area is 123 Å². The van der Waals surface area contributed by atoms with E-state index in [0.717, 1.165) is 6.42 Å². The molecule has 0 aromatic heterocycles. The van der Waals surface area contributed by atoms with Crippen LogP contribution >= 0.6 is 12.4 Å². The van der Waals surface area contributed by atoms with Crippen LogP contribution in [0.1, 0.15) is 42.9 Å². The van der Waals surface area contributed by atoms with Gasteiger partial charge in [0.1, 0.15) is 0 Å². The number of halogens is 1. The molecular formula is C17H24ClN. The summed E-state index contributed by atoms with van der Waals surface area (Å²) in [5, 5.41) is 0. The molecule has 1 heterocycles. The summed E-state index contributed by atoms with van der Waals surface area (Å²) in [5.74, 6) is 0. The first kappa shape index (κ1) is 14.6. The van der Waals surface area contributed by atoms with Crippen molar-refractivity contribution in [1.82, 2.24) is 4.90 Å². The van der Waals surface area contributed by atoms with Crippen molar-refractivity contribution >= 4 is 18.5 Å². The third kappa shape index (κ3) is 3.40. The fourth-order valence-electron chi connectivity index (χ4n) is 3.17. The summed E-state index contributed by atoms with van der Waals surface area (Å²) in [7, 11) is 0. The number of aryl methyl sites for hydroxylation is 2. The van der Waals surface area contributed by atoms with Crippen molar-refractivity contribution in [3.8, 4) is 0 Å². The van der Waals surface area contributed by atoms with Gasteiger partial charge < -0.3 is 0 Å². The first-order chi connectivity index (χ1) is 8.85. The maximum Gasteiger partial charge on any atom is 0.0196 e. The molecule has 0 saturated carbocycles. The fraction of sp³-hybridized carbons (Fsp3) is 0.529. The lowest BCUT2D eigenvalue weighted by Crippen LogP contribution is -2.22. The highest BCUT2D eigenvalue weighted by Gasteiger charge is 2.16. The van der Waals surface area contributed by atoms with E-state index < -0.39 is 0 Å². The summed E-state index contributed by atoms with van der Waals surface area (Å²) >= 11 is 0. The van der Waals surface area contributed by atoms with Crippen molar-refractivity contribution in [2.45, 2.75) is 39.0 Å². The lowest BCUT2D eigenvalue weighted by molar-refractivity contribution is 0.365. The van der Waals surface area contributed by atoms with E-state index in [2.05, 4.69) is 36.1 Å². The highest BCUT2D eigenvalue weighted by Crippen LogP contribution is 2.26. The van der Waals surface area contributed by atoms with Crippen LogP contribution in [-0.2, 0) is 12.8 Å². The van der Waals surface area contributed by atoms with Crippen molar-refractivity contribution in [3.05, 3.63) is 40.5 Å². The molecule has 1 saturated heterocycles. The summed E-state index contributed by atoms with van der Waals surface area (Å²) in [4.78, 5) is 2.61. The van der Waals surface area contributed by atoms with Crippen LogP contribution in [0.4, 0.5) is 0 Å². The molecule has 0 unspecified atom stereocenters. The second-order valence-corrected chi connectivity index (χ2v) is 5.67. The van der Waals surface area contributed by atoms with Gasteiger partial charge in [0.25, 0.3) is 0 Å². The molecule has 1 aliphatic carbocycles. The van der Waals surface area contributed by atoms with Crippen LogP contribution in [0.15, 0.2) is 23.8 Å². The highest BCUT2D eigenvalue weighted by atomic mass is 35.5. The monoisotopic (exact) mass is 277 g/mol. The second-order valence-electron chi connectivity index (χ2n) is 5.67. The van der Waals surface area contributed by atoms with Gasteiger partial charge in [-0.25, -0.2) is 0 Å². The highest BCUT2D eigenvalue weighted by molar-refractivity contribution is 5.85. The number of fused-ring (bicyclic) bond motifs is 1. The van der Waals surface area contributed by atoms with Gasteiger partial charge in [-0.1, -0.05) is 36.8 Å². The van der Waals surface area contributed by atoms with E-state index >= 15 is 0 Å². The Hall–Kier alpha value is -0.790. The number of hydrogen-bond donors (Lipinski definition) is 0. The lowest BCUT2D eigenvalue weighted by Gasteiger charge is -2.22. The molecule has 1 aromatic carbocycles. The first-order valence-corrected chi connectivity index (χ1v) is 7.39. The zero-order chi connectivity index (χ0) is 12.4. The zero-order valence-electron chi connectivity index (χ0n) is 11.8. The number of hydrogen-bond acceptors (Lipinski definition) is 1. The maximum atomic E-state index is 2.61. The number of benzene rings is 1. The largest absolute Gasteiger partial charge is 0.299 e. The number of nitrogens with zero attached hydrogens (tertiary/aromatic N) is 1. The molecule has 2 heteroatoms. The van der Waals surface area contributed by atoms with Crippen LogP contribution in [0, 0.1) is 0 Å².